The van der Waals surface area contributed by atoms with Crippen molar-refractivity contribution < 1.29 is 75.3 Å². The van der Waals surface area contributed by atoms with Crippen LogP contribution in [0, 0.1) is 0 Å². The minimum atomic E-state index is -7.32. The summed E-state index contributed by atoms with van der Waals surface area (Å²) >= 11 is 0. The van der Waals surface area contributed by atoms with Gasteiger partial charge in [-0.05, 0) is 12.1 Å². The molecule has 0 radical (unpaired) electrons. The molecule has 0 aliphatic heterocycles. The van der Waals surface area contributed by atoms with Crippen molar-refractivity contribution in [2.45, 2.75) is 35.8 Å². The number of aliphatic hydroxyl groups is 1. The van der Waals surface area contributed by atoms with Gasteiger partial charge in [-0.1, -0.05) is 0 Å². The monoisotopic (exact) mass is 516 g/mol. The van der Waals surface area contributed by atoms with Crippen LogP contribution in [0.4, 0.5) is 39.5 Å². The molecule has 1 aromatic carbocycles. The summed E-state index contributed by atoms with van der Waals surface area (Å²) in [5.74, 6) is -8.66. The van der Waals surface area contributed by atoms with E-state index < -0.39 is 78.5 Å². The summed E-state index contributed by atoms with van der Waals surface area (Å²) in [6, 6.07) is 0.0653. The molecule has 8 nitrogen and oxygen atoms in total. The third kappa shape index (κ3) is 4.69. The van der Waals surface area contributed by atoms with Crippen molar-refractivity contribution in [1.82, 2.24) is 0 Å². The van der Waals surface area contributed by atoms with Gasteiger partial charge in [0.1, 0.15) is 5.75 Å². The van der Waals surface area contributed by atoms with Gasteiger partial charge in [0.05, 0.1) is 18.8 Å². The van der Waals surface area contributed by atoms with Crippen LogP contribution in [0.5, 0.6) is 5.75 Å². The lowest BCUT2D eigenvalue weighted by molar-refractivity contribution is -0.248. The van der Waals surface area contributed by atoms with Crippen LogP contribution in [0.3, 0.4) is 0 Å². The number of alkyl halides is 9. The van der Waals surface area contributed by atoms with Gasteiger partial charge in [0.15, 0.2) is 0 Å². The largest absolute Gasteiger partial charge is 0.507 e. The van der Waals surface area contributed by atoms with E-state index in [0.717, 1.165) is 0 Å². The molecule has 0 aromatic heterocycles. The summed E-state index contributed by atoms with van der Waals surface area (Å²) in [5, 5.41) is 4.41. The fraction of sp³-hybridized carbons (Fsp3) is 0.500. The Balaban J connectivity index is 3.42. The smallest absolute Gasteiger partial charge is 0.439 e. The molecule has 0 amide bonds. The van der Waals surface area contributed by atoms with Crippen LogP contribution in [-0.2, 0) is 43.8 Å². The van der Waals surface area contributed by atoms with Gasteiger partial charge >= 0.3 is 42.8 Å². The predicted octanol–water partition coefficient (Wildman–Crippen LogP) is 2.46. The fourth-order valence-corrected chi connectivity index (χ4v) is 3.25. The van der Waals surface area contributed by atoms with Crippen LogP contribution in [0.25, 0.3) is 0 Å². The van der Waals surface area contributed by atoms with E-state index in [0.29, 0.717) is 0 Å². The summed E-state index contributed by atoms with van der Waals surface area (Å²) in [7, 11) is -14.5. The Morgan fingerprint density at radius 2 is 1.29 bits per heavy atom. The van der Waals surface area contributed by atoms with Crippen LogP contribution in [0.2, 0.25) is 0 Å². The van der Waals surface area contributed by atoms with Gasteiger partial charge in [0.2, 0.25) is 0 Å². The molecule has 0 saturated heterocycles. The van der Waals surface area contributed by atoms with E-state index in [9.17, 15) is 61.5 Å². The zero-order valence-electron chi connectivity index (χ0n) is 14.2. The van der Waals surface area contributed by atoms with Crippen molar-refractivity contribution in [3.8, 4) is 5.75 Å². The Hall–Kier alpha value is -1.83. The van der Waals surface area contributed by atoms with E-state index in [4.69, 9.17) is 9.66 Å². The zero-order chi connectivity index (χ0) is 24.8. The number of hydrogen-bond donors (Lipinski definition) is 3. The van der Waals surface area contributed by atoms with E-state index in [-0.39, 0.29) is 12.1 Å². The lowest BCUT2D eigenvalue weighted by Gasteiger charge is -2.29. The first-order valence-corrected chi connectivity index (χ1v) is 9.91. The van der Waals surface area contributed by atoms with E-state index >= 15 is 0 Å². The molecule has 0 spiro atoms. The highest BCUT2D eigenvalue weighted by Gasteiger charge is 2.82. The normalized spacial score (nSPS) is 14.7. The van der Waals surface area contributed by atoms with Gasteiger partial charge < -0.3 is 10.2 Å². The molecule has 19 heteroatoms. The van der Waals surface area contributed by atoms with Gasteiger partial charge in [-0.25, -0.2) is 0 Å². The first-order valence-electron chi connectivity index (χ1n) is 7.07. The molecule has 0 heterocycles. The number of phenols is 1. The molecule has 0 unspecified atom stereocenters. The van der Waals surface area contributed by atoms with Crippen molar-refractivity contribution in [2.75, 3.05) is 0 Å². The summed E-state index contributed by atoms with van der Waals surface area (Å²) in [5.41, 5.74) is -3.91. The molecule has 180 valence electrons. The first kappa shape index (κ1) is 27.2. The molecule has 31 heavy (non-hydrogen) atoms. The molecule has 0 aliphatic rings. The van der Waals surface area contributed by atoms with Gasteiger partial charge in [0.25, 0.3) is 0 Å². The minimum Gasteiger partial charge on any atom is -0.507 e. The van der Waals surface area contributed by atoms with Crippen LogP contribution in [0.15, 0.2) is 12.1 Å². The third-order valence-electron chi connectivity index (χ3n) is 3.50. The van der Waals surface area contributed by atoms with Crippen molar-refractivity contribution in [3.63, 3.8) is 0 Å². The van der Waals surface area contributed by atoms with E-state index in [2.05, 4.69) is 4.18 Å². The molecule has 0 bridgehead atoms. The minimum absolute atomic E-state index is 0.0902. The average Bonchev–Trinajstić information content (AvgIpc) is 2.58. The average molecular weight is 516 g/mol. The summed E-state index contributed by atoms with van der Waals surface area (Å²) in [6.45, 7) is -3.36. The number of benzene rings is 1. The Labute approximate surface area is 166 Å². The summed E-state index contributed by atoms with van der Waals surface area (Å²) in [6.07, 6.45) is -5.19. The van der Waals surface area contributed by atoms with Crippen molar-refractivity contribution in [2.24, 2.45) is 0 Å². The highest BCUT2D eigenvalue weighted by atomic mass is 32.2. The maximum atomic E-state index is 13.6. The third-order valence-corrected chi connectivity index (χ3v) is 5.72. The standard InChI is InChI=1S/C12H9F9O8S2/c13-9(14,15)7-1-5(3-22)8(23)6(2-7)4-29-31(27,28)12(20,21)10(16,17)11(18,19)30(24,25)26/h1-2,22-23H,3-4H2,(H,24,25,26). The second-order valence-corrected chi connectivity index (χ2v) is 8.72. The van der Waals surface area contributed by atoms with Gasteiger partial charge in [-0.2, -0.15) is 56.3 Å². The van der Waals surface area contributed by atoms with Gasteiger partial charge in [0, 0.05) is 11.1 Å². The fourth-order valence-electron chi connectivity index (χ4n) is 1.86. The van der Waals surface area contributed by atoms with Crippen molar-refractivity contribution in [3.05, 3.63) is 28.8 Å². The summed E-state index contributed by atoms with van der Waals surface area (Å²) in [4.78, 5) is 0. The molecular formula is C12H9F9O8S2. The van der Waals surface area contributed by atoms with Crippen LogP contribution >= 0.6 is 0 Å². The Kier molecular flexibility index (Phi) is 6.97. The highest BCUT2D eigenvalue weighted by Crippen LogP contribution is 2.51. The van der Waals surface area contributed by atoms with Crippen LogP contribution in [-0.4, -0.2) is 48.0 Å². The predicted molar refractivity (Wildman–Crippen MR) is 79.1 cm³/mol. The number of rotatable bonds is 8. The maximum Gasteiger partial charge on any atom is 0.439 e. The quantitative estimate of drug-likeness (QED) is 0.272. The Morgan fingerprint density at radius 3 is 1.68 bits per heavy atom. The lowest BCUT2D eigenvalue weighted by atomic mass is 10.0. The van der Waals surface area contributed by atoms with Gasteiger partial charge in [-0.15, -0.1) is 0 Å². The molecule has 1 aromatic rings. The summed E-state index contributed by atoms with van der Waals surface area (Å²) < 4.78 is 173. The number of aliphatic hydroxyl groups excluding tert-OH is 1. The molecule has 0 fully saturated rings. The number of aromatic hydroxyl groups is 1. The molecule has 0 aliphatic carbocycles. The van der Waals surface area contributed by atoms with Crippen LogP contribution in [0.1, 0.15) is 16.7 Å². The molecule has 0 saturated carbocycles. The van der Waals surface area contributed by atoms with Crippen LogP contribution < -0.4 is 0 Å². The number of hydrogen-bond acceptors (Lipinski definition) is 7. The molecular weight excluding hydrogens is 507 g/mol. The van der Waals surface area contributed by atoms with E-state index in [1.165, 1.54) is 0 Å². The van der Waals surface area contributed by atoms with Crippen molar-refractivity contribution in [1.29, 1.82) is 0 Å². The maximum absolute atomic E-state index is 13.6. The topological polar surface area (TPSA) is 138 Å². The van der Waals surface area contributed by atoms with E-state index in [1.807, 2.05) is 0 Å². The number of halogens is 9. The molecule has 1 rings (SSSR count). The molecule has 3 N–H and O–H groups in total. The van der Waals surface area contributed by atoms with Crippen molar-refractivity contribution >= 4 is 20.2 Å². The second-order valence-electron chi connectivity index (χ2n) is 5.60. The Bertz CT molecular complexity index is 1050. The second kappa shape index (κ2) is 7.94. The Morgan fingerprint density at radius 1 is 0.839 bits per heavy atom. The van der Waals surface area contributed by atoms with E-state index in [1.54, 1.807) is 0 Å². The first-order chi connectivity index (χ1) is 13.5. The SMILES string of the molecule is O=S(=O)(O)C(F)(F)C(F)(F)C(F)(F)S(=O)(=O)OCc1cc(C(F)(F)F)cc(CO)c1O. The van der Waals surface area contributed by atoms with Gasteiger partial charge in [-0.3, -0.25) is 8.74 Å². The highest BCUT2D eigenvalue weighted by molar-refractivity contribution is 7.88. The molecule has 0 atom stereocenters. The lowest BCUT2D eigenvalue weighted by Crippen LogP contribution is -2.60. The zero-order valence-corrected chi connectivity index (χ0v) is 15.8.